The highest BCUT2D eigenvalue weighted by Gasteiger charge is 2.22. The lowest BCUT2D eigenvalue weighted by Crippen LogP contribution is -2.13. The van der Waals surface area contributed by atoms with E-state index >= 15 is 0 Å². The van der Waals surface area contributed by atoms with Crippen LogP contribution >= 0.6 is 0 Å². The summed E-state index contributed by atoms with van der Waals surface area (Å²) in [5, 5.41) is 0. The van der Waals surface area contributed by atoms with E-state index in [4.69, 9.17) is 0 Å². The molecule has 1 heteroatoms. The van der Waals surface area contributed by atoms with E-state index in [-0.39, 0.29) is 0 Å². The van der Waals surface area contributed by atoms with Crippen LogP contribution in [0.5, 0.6) is 0 Å². The van der Waals surface area contributed by atoms with Crippen molar-refractivity contribution in [2.45, 2.75) is 40.5 Å². The third-order valence-corrected chi connectivity index (χ3v) is 3.86. The smallest absolute Gasteiger partial charge is 0.00126 e. The van der Waals surface area contributed by atoms with Gasteiger partial charge in [0.1, 0.15) is 0 Å². The lowest BCUT2D eigenvalue weighted by atomic mass is 9.94. The first-order valence-electron chi connectivity index (χ1n) is 5.97. The molecule has 15 heavy (non-hydrogen) atoms. The van der Waals surface area contributed by atoms with Gasteiger partial charge in [-0.3, -0.25) is 0 Å². The summed E-state index contributed by atoms with van der Waals surface area (Å²) in [5.74, 6) is 0.687. The Hall–Kier alpha value is -0.560. The molecule has 0 aliphatic heterocycles. The van der Waals surface area contributed by atoms with Crippen molar-refractivity contribution in [2.24, 2.45) is 5.92 Å². The summed E-state index contributed by atoms with van der Waals surface area (Å²) in [6.45, 7) is 10.4. The fraction of sp³-hybridized carbons (Fsp3) is 0.714. The molecule has 0 saturated carbocycles. The molecule has 0 radical (unpaired) electrons. The molecule has 1 unspecified atom stereocenters. The Labute approximate surface area is 94.9 Å². The minimum atomic E-state index is 0.687. The van der Waals surface area contributed by atoms with Gasteiger partial charge in [0.05, 0.1) is 0 Å². The van der Waals surface area contributed by atoms with E-state index in [2.05, 4.69) is 46.7 Å². The molecule has 0 spiro atoms. The monoisotopic (exact) mass is 207 g/mol. The van der Waals surface area contributed by atoms with Gasteiger partial charge in [0, 0.05) is 0 Å². The highest BCUT2D eigenvalue weighted by molar-refractivity contribution is 5.46. The zero-order valence-electron chi connectivity index (χ0n) is 11.1. The van der Waals surface area contributed by atoms with E-state index in [9.17, 15) is 0 Å². The number of allylic oxidation sites excluding steroid dienone is 4. The molecule has 0 aromatic carbocycles. The normalized spacial score (nSPS) is 22.2. The van der Waals surface area contributed by atoms with Crippen LogP contribution in [0.3, 0.4) is 0 Å². The van der Waals surface area contributed by atoms with Gasteiger partial charge in [-0.1, -0.05) is 18.1 Å². The van der Waals surface area contributed by atoms with Crippen LogP contribution in [-0.4, -0.2) is 25.5 Å². The fourth-order valence-corrected chi connectivity index (χ4v) is 2.44. The first kappa shape index (κ1) is 12.5. The van der Waals surface area contributed by atoms with E-state index in [0.717, 1.165) is 0 Å². The van der Waals surface area contributed by atoms with E-state index in [1.54, 1.807) is 16.7 Å². The van der Waals surface area contributed by atoms with Crippen molar-refractivity contribution in [3.8, 4) is 0 Å². The molecule has 1 nitrogen and oxygen atoms in total. The summed E-state index contributed by atoms with van der Waals surface area (Å²) >= 11 is 0. The first-order valence-corrected chi connectivity index (χ1v) is 5.97. The van der Waals surface area contributed by atoms with Gasteiger partial charge >= 0.3 is 0 Å². The Balaban J connectivity index is 2.58. The van der Waals surface area contributed by atoms with E-state index < -0.39 is 0 Å². The average molecular weight is 207 g/mol. The largest absolute Gasteiger partial charge is 0.309 e. The predicted octanol–water partition coefficient (Wildman–Crippen LogP) is 3.63. The zero-order valence-corrected chi connectivity index (χ0v) is 11.1. The molecule has 0 amide bonds. The van der Waals surface area contributed by atoms with Crippen LogP contribution < -0.4 is 0 Å². The molecule has 1 atom stereocenters. The van der Waals surface area contributed by atoms with E-state index in [1.807, 2.05) is 0 Å². The Kier molecular flexibility index (Phi) is 4.15. The van der Waals surface area contributed by atoms with Gasteiger partial charge in [0.25, 0.3) is 0 Å². The van der Waals surface area contributed by atoms with Crippen LogP contribution in [0.15, 0.2) is 22.3 Å². The van der Waals surface area contributed by atoms with Gasteiger partial charge in [0.2, 0.25) is 0 Å². The average Bonchev–Trinajstić information content (AvgIpc) is 2.34. The second-order valence-corrected chi connectivity index (χ2v) is 5.09. The van der Waals surface area contributed by atoms with Crippen molar-refractivity contribution >= 4 is 0 Å². The maximum Gasteiger partial charge on any atom is -0.00126 e. The van der Waals surface area contributed by atoms with Gasteiger partial charge < -0.3 is 4.90 Å². The van der Waals surface area contributed by atoms with E-state index in [0.29, 0.717) is 5.92 Å². The van der Waals surface area contributed by atoms with Crippen LogP contribution in [0.25, 0.3) is 0 Å². The predicted molar refractivity (Wildman–Crippen MR) is 68.0 cm³/mol. The first-order chi connectivity index (χ1) is 6.95. The van der Waals surface area contributed by atoms with Gasteiger partial charge in [-0.15, -0.1) is 0 Å². The van der Waals surface area contributed by atoms with Crippen molar-refractivity contribution < 1.29 is 0 Å². The van der Waals surface area contributed by atoms with Crippen molar-refractivity contribution in [1.29, 1.82) is 0 Å². The Bertz CT molecular complexity index is 294. The molecule has 0 N–H and O–H groups in total. The minimum absolute atomic E-state index is 0.687. The zero-order chi connectivity index (χ0) is 11.6. The third kappa shape index (κ3) is 2.72. The van der Waals surface area contributed by atoms with Gasteiger partial charge in [-0.05, 0) is 71.3 Å². The number of nitrogens with zero attached hydrogens (tertiary/aromatic N) is 1. The van der Waals surface area contributed by atoms with E-state index in [1.165, 1.54) is 25.0 Å². The van der Waals surface area contributed by atoms with Crippen LogP contribution in [0, 0.1) is 5.92 Å². The second-order valence-electron chi connectivity index (χ2n) is 5.09. The molecule has 86 valence electrons. The standard InChI is InChI=1S/C14H25N/c1-10-11(2)13(4)14(12(10)3)8-7-9-15(5)6/h12H,7-9H2,1-6H3. The molecule has 1 rings (SSSR count). The quantitative estimate of drug-likeness (QED) is 0.680. The summed E-state index contributed by atoms with van der Waals surface area (Å²) < 4.78 is 0. The molecule has 0 fully saturated rings. The fourth-order valence-electron chi connectivity index (χ4n) is 2.44. The topological polar surface area (TPSA) is 3.24 Å². The Morgan fingerprint density at radius 1 is 1.07 bits per heavy atom. The Morgan fingerprint density at radius 2 is 1.67 bits per heavy atom. The molecule has 0 saturated heterocycles. The van der Waals surface area contributed by atoms with Crippen molar-refractivity contribution in [3.05, 3.63) is 22.3 Å². The van der Waals surface area contributed by atoms with Crippen molar-refractivity contribution in [2.75, 3.05) is 20.6 Å². The molecule has 0 aromatic rings. The molecule has 0 heterocycles. The molecular weight excluding hydrogens is 182 g/mol. The maximum absolute atomic E-state index is 2.35. The maximum atomic E-state index is 2.35. The van der Waals surface area contributed by atoms with Gasteiger partial charge in [-0.25, -0.2) is 0 Å². The van der Waals surface area contributed by atoms with Gasteiger partial charge in [-0.2, -0.15) is 0 Å². The minimum Gasteiger partial charge on any atom is -0.309 e. The number of hydrogen-bond acceptors (Lipinski definition) is 1. The lowest BCUT2D eigenvalue weighted by Gasteiger charge is -2.14. The summed E-state index contributed by atoms with van der Waals surface area (Å²) in [6, 6.07) is 0. The molecule has 0 bridgehead atoms. The highest BCUT2D eigenvalue weighted by atomic mass is 15.0. The SMILES string of the molecule is CC1=C(C)C(C)C(CCCN(C)C)=C1C. The summed E-state index contributed by atoms with van der Waals surface area (Å²) in [4.78, 5) is 2.27. The Morgan fingerprint density at radius 3 is 2.07 bits per heavy atom. The molecule has 1 aliphatic rings. The molecule has 0 aromatic heterocycles. The summed E-state index contributed by atoms with van der Waals surface area (Å²) in [6.07, 6.45) is 2.55. The number of hydrogen-bond donors (Lipinski definition) is 0. The molecular formula is C14H25N. The van der Waals surface area contributed by atoms with Gasteiger partial charge in [0.15, 0.2) is 0 Å². The number of rotatable bonds is 4. The van der Waals surface area contributed by atoms with Crippen molar-refractivity contribution in [3.63, 3.8) is 0 Å². The lowest BCUT2D eigenvalue weighted by molar-refractivity contribution is 0.398. The second kappa shape index (κ2) is 4.98. The third-order valence-electron chi connectivity index (χ3n) is 3.86. The summed E-state index contributed by atoms with van der Waals surface area (Å²) in [7, 11) is 4.29. The van der Waals surface area contributed by atoms with Crippen LogP contribution in [0.1, 0.15) is 40.5 Å². The van der Waals surface area contributed by atoms with Crippen LogP contribution in [0.2, 0.25) is 0 Å². The van der Waals surface area contributed by atoms with Crippen LogP contribution in [0.4, 0.5) is 0 Å². The van der Waals surface area contributed by atoms with Crippen LogP contribution in [-0.2, 0) is 0 Å². The van der Waals surface area contributed by atoms with Crippen molar-refractivity contribution in [1.82, 2.24) is 4.90 Å². The molecule has 1 aliphatic carbocycles. The highest BCUT2D eigenvalue weighted by Crippen LogP contribution is 2.38. The summed E-state index contributed by atoms with van der Waals surface area (Å²) in [5.41, 5.74) is 6.33.